The Morgan fingerprint density at radius 1 is 1.36 bits per heavy atom. The lowest BCUT2D eigenvalue weighted by atomic mass is 10.1. The summed E-state index contributed by atoms with van der Waals surface area (Å²) in [6.07, 6.45) is 2.82. The van der Waals surface area contributed by atoms with Gasteiger partial charge < -0.3 is 20.1 Å². The number of hydrogen-bond acceptors (Lipinski definition) is 4. The summed E-state index contributed by atoms with van der Waals surface area (Å²) in [6.45, 7) is 3.97. The molecule has 2 heterocycles. The van der Waals surface area contributed by atoms with Gasteiger partial charge in [-0.3, -0.25) is 14.4 Å². The monoisotopic (exact) mass is 348 g/mol. The van der Waals surface area contributed by atoms with Crippen molar-refractivity contribution < 1.29 is 9.59 Å². The number of aryl methyl sites for hydroxylation is 1. The smallest absolute Gasteiger partial charge is 0.251 e. The van der Waals surface area contributed by atoms with Gasteiger partial charge in [-0.2, -0.15) is 0 Å². The van der Waals surface area contributed by atoms with Crippen LogP contribution in [0.15, 0.2) is 16.9 Å². The molecule has 1 atom stereocenters. The van der Waals surface area contributed by atoms with Crippen LogP contribution >= 0.6 is 0 Å². The maximum Gasteiger partial charge on any atom is 0.251 e. The summed E-state index contributed by atoms with van der Waals surface area (Å²) in [4.78, 5) is 42.5. The topological polar surface area (TPSA) is 85.5 Å². The highest BCUT2D eigenvalue weighted by Crippen LogP contribution is 2.20. The summed E-state index contributed by atoms with van der Waals surface area (Å²) >= 11 is 0. The molecule has 0 unspecified atom stereocenters. The fraction of sp³-hybridized carbons (Fsp3) is 0.611. The summed E-state index contributed by atoms with van der Waals surface area (Å²) in [5.41, 5.74) is 0.863. The first-order valence-corrected chi connectivity index (χ1v) is 8.86. The number of likely N-dealkylation sites (tertiary alicyclic amines) is 1. The van der Waals surface area contributed by atoms with E-state index in [1.165, 1.54) is 6.07 Å². The number of carbonyl (C=O) groups excluding carboxylic acids is 2. The van der Waals surface area contributed by atoms with Crippen molar-refractivity contribution in [1.82, 2.24) is 20.1 Å². The van der Waals surface area contributed by atoms with Gasteiger partial charge in [0.15, 0.2) is 0 Å². The Morgan fingerprint density at radius 3 is 2.80 bits per heavy atom. The second kappa shape index (κ2) is 8.80. The lowest BCUT2D eigenvalue weighted by molar-refractivity contribution is -0.129. The van der Waals surface area contributed by atoms with E-state index in [1.54, 1.807) is 6.07 Å². The highest BCUT2D eigenvalue weighted by atomic mass is 16.2. The molecule has 0 aliphatic carbocycles. The van der Waals surface area contributed by atoms with E-state index in [0.717, 1.165) is 31.6 Å². The maximum absolute atomic E-state index is 12.2. The minimum Gasteiger partial charge on any atom is -0.352 e. The predicted octanol–water partition coefficient (Wildman–Crippen LogP) is 0.610. The number of amides is 2. The van der Waals surface area contributed by atoms with Crippen molar-refractivity contribution in [3.05, 3.63) is 33.7 Å². The van der Waals surface area contributed by atoms with Crippen LogP contribution in [0.5, 0.6) is 0 Å². The van der Waals surface area contributed by atoms with Crippen molar-refractivity contribution in [3.63, 3.8) is 0 Å². The van der Waals surface area contributed by atoms with Crippen LogP contribution in [0.3, 0.4) is 0 Å². The van der Waals surface area contributed by atoms with E-state index >= 15 is 0 Å². The van der Waals surface area contributed by atoms with E-state index in [2.05, 4.69) is 15.2 Å². The minimum absolute atomic E-state index is 0.179. The Hall–Kier alpha value is -2.15. The molecule has 1 aliphatic rings. The summed E-state index contributed by atoms with van der Waals surface area (Å²) in [5.74, 6) is -0.0506. The third-order valence-corrected chi connectivity index (χ3v) is 4.55. The van der Waals surface area contributed by atoms with Gasteiger partial charge in [0, 0.05) is 49.4 Å². The van der Waals surface area contributed by atoms with E-state index in [1.807, 2.05) is 25.9 Å². The maximum atomic E-state index is 12.2. The van der Waals surface area contributed by atoms with Crippen LogP contribution in [-0.4, -0.2) is 66.4 Å². The first-order valence-electron chi connectivity index (χ1n) is 8.86. The molecule has 1 aromatic heterocycles. The Morgan fingerprint density at radius 2 is 2.12 bits per heavy atom. The number of H-pyrrole nitrogens is 1. The summed E-state index contributed by atoms with van der Waals surface area (Å²) in [7, 11) is 3.98. The second-order valence-corrected chi connectivity index (χ2v) is 6.74. The summed E-state index contributed by atoms with van der Waals surface area (Å²) < 4.78 is 0. The van der Waals surface area contributed by atoms with Crippen molar-refractivity contribution in [2.24, 2.45) is 0 Å². The molecule has 1 aromatic rings. The number of aromatic nitrogens is 1. The van der Waals surface area contributed by atoms with Gasteiger partial charge >= 0.3 is 0 Å². The molecule has 7 nitrogen and oxygen atoms in total. The lowest BCUT2D eigenvalue weighted by Crippen LogP contribution is -2.40. The molecule has 1 aliphatic heterocycles. The molecular weight excluding hydrogens is 320 g/mol. The van der Waals surface area contributed by atoms with E-state index in [4.69, 9.17) is 0 Å². The van der Waals surface area contributed by atoms with Crippen molar-refractivity contribution in [2.75, 3.05) is 33.7 Å². The third kappa shape index (κ3) is 5.42. The van der Waals surface area contributed by atoms with Gasteiger partial charge in [-0.25, -0.2) is 0 Å². The summed E-state index contributed by atoms with van der Waals surface area (Å²) in [5, 5.41) is 2.86. The van der Waals surface area contributed by atoms with Crippen molar-refractivity contribution in [3.8, 4) is 0 Å². The van der Waals surface area contributed by atoms with Crippen molar-refractivity contribution >= 4 is 11.8 Å². The zero-order valence-electron chi connectivity index (χ0n) is 15.3. The van der Waals surface area contributed by atoms with Crippen LogP contribution < -0.4 is 10.9 Å². The van der Waals surface area contributed by atoms with Crippen molar-refractivity contribution in [1.29, 1.82) is 0 Å². The Balaban J connectivity index is 1.87. The predicted molar refractivity (Wildman–Crippen MR) is 96.7 cm³/mol. The van der Waals surface area contributed by atoms with Gasteiger partial charge in [-0.05, 0) is 39.4 Å². The average molecular weight is 348 g/mol. The molecule has 2 rings (SSSR count). The van der Waals surface area contributed by atoms with Gasteiger partial charge in [-0.15, -0.1) is 0 Å². The number of hydrogen-bond donors (Lipinski definition) is 2. The highest BCUT2D eigenvalue weighted by Gasteiger charge is 2.30. The quantitative estimate of drug-likeness (QED) is 0.721. The molecule has 0 saturated carbocycles. The molecule has 7 heteroatoms. The number of rotatable bonds is 8. The number of aromatic amines is 1. The molecular formula is C18H28N4O3. The van der Waals surface area contributed by atoms with Gasteiger partial charge in [0.05, 0.1) is 0 Å². The zero-order chi connectivity index (χ0) is 18.4. The number of nitrogens with zero attached hydrogens (tertiary/aromatic N) is 2. The first kappa shape index (κ1) is 19.2. The van der Waals surface area contributed by atoms with Crippen molar-refractivity contribution in [2.45, 2.75) is 38.6 Å². The average Bonchev–Trinajstić information content (AvgIpc) is 2.92. The molecule has 138 valence electrons. The molecule has 0 aromatic carbocycles. The van der Waals surface area contributed by atoms with E-state index < -0.39 is 0 Å². The molecule has 0 spiro atoms. The van der Waals surface area contributed by atoms with Crippen LogP contribution in [0.1, 0.15) is 42.2 Å². The Kier molecular flexibility index (Phi) is 6.75. The first-order chi connectivity index (χ1) is 11.9. The van der Waals surface area contributed by atoms with Crippen LogP contribution in [0.2, 0.25) is 0 Å². The standard InChI is InChI=1S/C18H28N4O3/c1-4-14-11-13(12-16(23)20-14)18(25)19-8-7-15-5-6-17(24)22(15)10-9-21(2)3/h11-12,15H,4-10H2,1-3H3,(H,19,25)(H,20,23)/t15-/m1/s1. The molecule has 25 heavy (non-hydrogen) atoms. The van der Waals surface area contributed by atoms with Gasteiger partial charge in [-0.1, -0.05) is 6.92 Å². The fourth-order valence-electron chi connectivity index (χ4n) is 3.09. The highest BCUT2D eigenvalue weighted by molar-refractivity contribution is 5.94. The lowest BCUT2D eigenvalue weighted by Gasteiger charge is -2.26. The molecule has 0 radical (unpaired) electrons. The normalized spacial score (nSPS) is 17.4. The molecule has 2 amide bonds. The van der Waals surface area contributed by atoms with Crippen LogP contribution in [-0.2, 0) is 11.2 Å². The molecule has 0 bridgehead atoms. The van der Waals surface area contributed by atoms with E-state index in [-0.39, 0.29) is 23.4 Å². The number of pyridine rings is 1. The second-order valence-electron chi connectivity index (χ2n) is 6.74. The van der Waals surface area contributed by atoms with Gasteiger partial charge in [0.1, 0.15) is 0 Å². The Bertz CT molecular complexity index is 669. The fourth-order valence-corrected chi connectivity index (χ4v) is 3.09. The van der Waals surface area contributed by atoms with Crippen LogP contribution in [0.4, 0.5) is 0 Å². The molecule has 2 N–H and O–H groups in total. The summed E-state index contributed by atoms with van der Waals surface area (Å²) in [6, 6.07) is 3.20. The van der Waals surface area contributed by atoms with Crippen LogP contribution in [0, 0.1) is 0 Å². The zero-order valence-corrected chi connectivity index (χ0v) is 15.3. The molecule has 1 fully saturated rings. The minimum atomic E-state index is -0.263. The van der Waals surface area contributed by atoms with E-state index in [0.29, 0.717) is 24.9 Å². The van der Waals surface area contributed by atoms with Gasteiger partial charge in [0.25, 0.3) is 5.91 Å². The molecule has 1 saturated heterocycles. The number of nitrogens with one attached hydrogen (secondary N) is 2. The Labute approximate surface area is 148 Å². The van der Waals surface area contributed by atoms with Gasteiger partial charge in [0.2, 0.25) is 11.5 Å². The number of carbonyl (C=O) groups is 2. The largest absolute Gasteiger partial charge is 0.352 e. The van der Waals surface area contributed by atoms with E-state index in [9.17, 15) is 14.4 Å². The van der Waals surface area contributed by atoms with Crippen LogP contribution in [0.25, 0.3) is 0 Å². The third-order valence-electron chi connectivity index (χ3n) is 4.55. The number of likely N-dealkylation sites (N-methyl/N-ethyl adjacent to an activating group) is 1. The SMILES string of the molecule is CCc1cc(C(=O)NCC[C@H]2CCC(=O)N2CCN(C)C)cc(=O)[nH]1.